The number of aromatic nitrogens is 1. The van der Waals surface area contributed by atoms with Gasteiger partial charge in [0.25, 0.3) is 0 Å². The molecule has 13 heavy (non-hydrogen) atoms. The first-order chi connectivity index (χ1) is 5.91. The summed E-state index contributed by atoms with van der Waals surface area (Å²) in [5, 5.41) is 8.86. The van der Waals surface area contributed by atoms with Crippen LogP contribution in [0.15, 0.2) is 25.0 Å². The topological polar surface area (TPSA) is 33.1 Å². The summed E-state index contributed by atoms with van der Waals surface area (Å²) < 4.78 is 36.2. The minimum absolute atomic E-state index is 0.229. The van der Waals surface area contributed by atoms with Crippen LogP contribution in [-0.2, 0) is 0 Å². The zero-order chi connectivity index (χ0) is 10.1. The van der Waals surface area contributed by atoms with Crippen molar-refractivity contribution in [2.45, 2.75) is 6.18 Å². The van der Waals surface area contributed by atoms with Crippen LogP contribution in [0.25, 0.3) is 5.57 Å². The molecule has 5 heteroatoms. The Kier molecular flexibility index (Phi) is 2.27. The lowest BCUT2D eigenvalue weighted by Crippen LogP contribution is -2.09. The largest absolute Gasteiger partial charge is 0.506 e. The lowest BCUT2D eigenvalue weighted by Gasteiger charge is -2.09. The normalized spacial score (nSPS) is 11.3. The number of pyridine rings is 1. The van der Waals surface area contributed by atoms with E-state index in [-0.39, 0.29) is 11.3 Å². The first-order valence-electron chi connectivity index (χ1n) is 3.32. The summed E-state index contributed by atoms with van der Waals surface area (Å²) in [6.45, 7) is 2.86. The molecule has 2 nitrogen and oxygen atoms in total. The van der Waals surface area contributed by atoms with Crippen molar-refractivity contribution in [1.82, 2.24) is 4.98 Å². The maximum absolute atomic E-state index is 12.1. The van der Waals surface area contributed by atoms with Gasteiger partial charge in [-0.3, -0.25) is 4.98 Å². The van der Waals surface area contributed by atoms with E-state index in [9.17, 15) is 13.2 Å². The van der Waals surface area contributed by atoms with Crippen molar-refractivity contribution in [3.8, 4) is 5.75 Å². The highest BCUT2D eigenvalue weighted by molar-refractivity contribution is 5.67. The lowest BCUT2D eigenvalue weighted by molar-refractivity contribution is -0.0686. The van der Waals surface area contributed by atoms with E-state index in [0.29, 0.717) is 0 Å². The number of aromatic hydroxyl groups is 1. The summed E-state index contributed by atoms with van der Waals surface area (Å²) >= 11 is 0. The van der Waals surface area contributed by atoms with Gasteiger partial charge in [-0.25, -0.2) is 0 Å². The molecule has 0 aliphatic rings. The van der Waals surface area contributed by atoms with E-state index < -0.39 is 11.7 Å². The Bertz CT molecular complexity index is 332. The summed E-state index contributed by atoms with van der Waals surface area (Å²) in [6, 6.07) is 0.961. The molecule has 0 aromatic carbocycles. The van der Waals surface area contributed by atoms with Crippen molar-refractivity contribution in [1.29, 1.82) is 0 Å². The second kappa shape index (κ2) is 3.08. The first kappa shape index (κ1) is 9.57. The summed E-state index contributed by atoms with van der Waals surface area (Å²) in [5.74, 6) is -0.317. The van der Waals surface area contributed by atoms with Gasteiger partial charge in [-0.15, -0.1) is 0 Å². The summed E-state index contributed by atoms with van der Waals surface area (Å²) in [6.07, 6.45) is -2.45. The fraction of sp³-hybridized carbons (Fsp3) is 0.125. The van der Waals surface area contributed by atoms with E-state index in [2.05, 4.69) is 11.6 Å². The van der Waals surface area contributed by atoms with Gasteiger partial charge in [-0.05, 0) is 6.07 Å². The summed E-state index contributed by atoms with van der Waals surface area (Å²) in [7, 11) is 0. The zero-order valence-corrected chi connectivity index (χ0v) is 6.47. The van der Waals surface area contributed by atoms with Crippen molar-refractivity contribution in [3.63, 3.8) is 0 Å². The molecule has 1 N–H and O–H groups in total. The summed E-state index contributed by atoms with van der Waals surface area (Å²) in [4.78, 5) is 3.41. The smallest absolute Gasteiger partial charge is 0.416 e. The Morgan fingerprint density at radius 1 is 1.38 bits per heavy atom. The highest BCUT2D eigenvalue weighted by Crippen LogP contribution is 2.32. The number of hydrogen-bond donors (Lipinski definition) is 1. The maximum atomic E-state index is 12.1. The Morgan fingerprint density at radius 2 is 2.00 bits per heavy atom. The zero-order valence-electron chi connectivity index (χ0n) is 6.47. The van der Waals surface area contributed by atoms with Gasteiger partial charge >= 0.3 is 6.18 Å². The van der Waals surface area contributed by atoms with Crippen molar-refractivity contribution in [2.75, 3.05) is 0 Å². The molecule has 0 saturated heterocycles. The fourth-order valence-electron chi connectivity index (χ4n) is 0.756. The Balaban J connectivity index is 3.03. The van der Waals surface area contributed by atoms with E-state index in [0.717, 1.165) is 18.5 Å². The SMILES string of the molecule is C=C(c1cncc(O)c1)C(F)(F)F. The number of hydrogen-bond acceptors (Lipinski definition) is 2. The molecule has 0 bridgehead atoms. The quantitative estimate of drug-likeness (QED) is 0.735. The molecule has 1 heterocycles. The third-order valence-corrected chi connectivity index (χ3v) is 1.41. The van der Waals surface area contributed by atoms with Crippen molar-refractivity contribution in [3.05, 3.63) is 30.6 Å². The Labute approximate surface area is 72.3 Å². The molecule has 0 aliphatic carbocycles. The predicted molar refractivity (Wildman–Crippen MR) is 41.0 cm³/mol. The van der Waals surface area contributed by atoms with Gasteiger partial charge in [0.15, 0.2) is 0 Å². The average Bonchev–Trinajstić information content (AvgIpc) is 2.01. The van der Waals surface area contributed by atoms with Crippen molar-refractivity contribution < 1.29 is 18.3 Å². The van der Waals surface area contributed by atoms with Crippen LogP contribution in [-0.4, -0.2) is 16.3 Å². The molecule has 0 amide bonds. The molecule has 0 spiro atoms. The van der Waals surface area contributed by atoms with Crippen LogP contribution in [0.5, 0.6) is 5.75 Å². The molecular weight excluding hydrogens is 183 g/mol. The monoisotopic (exact) mass is 189 g/mol. The molecular formula is C8H6F3NO. The molecule has 70 valence electrons. The fourth-order valence-corrected chi connectivity index (χ4v) is 0.756. The van der Waals surface area contributed by atoms with Crippen molar-refractivity contribution in [2.24, 2.45) is 0 Å². The predicted octanol–water partition coefficient (Wildman–Crippen LogP) is 2.36. The van der Waals surface area contributed by atoms with Crippen LogP contribution >= 0.6 is 0 Å². The lowest BCUT2D eigenvalue weighted by atomic mass is 10.1. The van der Waals surface area contributed by atoms with Gasteiger partial charge in [0, 0.05) is 11.8 Å². The van der Waals surface area contributed by atoms with Gasteiger partial charge in [0.05, 0.1) is 11.8 Å². The summed E-state index contributed by atoms with van der Waals surface area (Å²) in [5.41, 5.74) is -1.25. The van der Waals surface area contributed by atoms with Crippen LogP contribution in [0.4, 0.5) is 13.2 Å². The van der Waals surface area contributed by atoms with Gasteiger partial charge < -0.3 is 5.11 Å². The molecule has 1 rings (SSSR count). The van der Waals surface area contributed by atoms with Crippen LogP contribution < -0.4 is 0 Å². The van der Waals surface area contributed by atoms with E-state index >= 15 is 0 Å². The third-order valence-electron chi connectivity index (χ3n) is 1.41. The van der Waals surface area contributed by atoms with Gasteiger partial charge in [-0.2, -0.15) is 13.2 Å². The molecule has 0 saturated carbocycles. The van der Waals surface area contributed by atoms with E-state index in [4.69, 9.17) is 5.11 Å². The van der Waals surface area contributed by atoms with Crippen molar-refractivity contribution >= 4 is 5.57 Å². The molecule has 1 aromatic rings. The molecule has 0 atom stereocenters. The Hall–Kier alpha value is -1.52. The Morgan fingerprint density at radius 3 is 2.46 bits per heavy atom. The standard InChI is InChI=1S/C8H6F3NO/c1-5(8(9,10)11)6-2-7(13)4-12-3-6/h2-4,13H,1H2. The number of alkyl halides is 3. The second-order valence-electron chi connectivity index (χ2n) is 2.41. The number of rotatable bonds is 1. The van der Waals surface area contributed by atoms with E-state index in [1.807, 2.05) is 0 Å². The molecule has 0 radical (unpaired) electrons. The van der Waals surface area contributed by atoms with E-state index in [1.54, 1.807) is 0 Å². The van der Waals surface area contributed by atoms with Crippen LogP contribution in [0.2, 0.25) is 0 Å². The number of halogens is 3. The van der Waals surface area contributed by atoms with Gasteiger partial charge in [0.2, 0.25) is 0 Å². The number of allylic oxidation sites excluding steroid dienone is 1. The molecule has 0 fully saturated rings. The van der Waals surface area contributed by atoms with E-state index in [1.165, 1.54) is 0 Å². The second-order valence-corrected chi connectivity index (χ2v) is 2.41. The van der Waals surface area contributed by atoms with Gasteiger partial charge in [-0.1, -0.05) is 6.58 Å². The van der Waals surface area contributed by atoms with Crippen LogP contribution in [0.1, 0.15) is 5.56 Å². The first-order valence-corrected chi connectivity index (χ1v) is 3.32. The highest BCUT2D eigenvalue weighted by Gasteiger charge is 2.33. The van der Waals surface area contributed by atoms with Crippen LogP contribution in [0.3, 0.4) is 0 Å². The maximum Gasteiger partial charge on any atom is 0.416 e. The minimum atomic E-state index is -4.49. The molecule has 1 aromatic heterocycles. The van der Waals surface area contributed by atoms with Crippen LogP contribution in [0, 0.1) is 0 Å². The third kappa shape index (κ3) is 2.21. The van der Waals surface area contributed by atoms with Gasteiger partial charge in [0.1, 0.15) is 5.75 Å². The minimum Gasteiger partial charge on any atom is -0.506 e. The average molecular weight is 189 g/mol. The number of nitrogens with zero attached hydrogens (tertiary/aromatic N) is 1. The molecule has 0 unspecified atom stereocenters. The molecule has 0 aliphatic heterocycles. The highest BCUT2D eigenvalue weighted by atomic mass is 19.4.